The molecule has 0 radical (unpaired) electrons. The van der Waals surface area contributed by atoms with E-state index in [0.29, 0.717) is 0 Å². The minimum Gasteiger partial charge on any atom is -0.0683 e. The highest BCUT2D eigenvalue weighted by molar-refractivity contribution is 6.15. The average Bonchev–Trinajstić information content (AvgIpc) is 3.14. The van der Waals surface area contributed by atoms with Crippen molar-refractivity contribution in [3.8, 4) is 11.1 Å². The summed E-state index contributed by atoms with van der Waals surface area (Å²) in [5, 5.41) is 10.6. The van der Waals surface area contributed by atoms with Gasteiger partial charge in [-0.1, -0.05) is 114 Å². The maximum Gasteiger partial charge on any atom is 0.0159 e. The summed E-state index contributed by atoms with van der Waals surface area (Å²) < 4.78 is 0. The van der Waals surface area contributed by atoms with E-state index >= 15 is 0 Å². The zero-order valence-corrected chi connectivity index (χ0v) is 21.7. The van der Waals surface area contributed by atoms with Crippen molar-refractivity contribution in [3.63, 3.8) is 0 Å². The van der Waals surface area contributed by atoms with Gasteiger partial charge in [-0.05, 0) is 89.6 Å². The summed E-state index contributed by atoms with van der Waals surface area (Å²) >= 11 is 0. The molecule has 0 amide bonds. The lowest BCUT2D eigenvalue weighted by molar-refractivity contribution is 0.661. The monoisotopic (exact) mass is 454 g/mol. The molecule has 0 atom stereocenters. The van der Waals surface area contributed by atoms with Crippen molar-refractivity contribution >= 4 is 43.1 Å². The molecule has 6 aromatic carbocycles. The molecule has 0 spiro atoms. The first kappa shape index (κ1) is 23.1. The normalized spacial score (nSPS) is 13.1. The molecule has 0 nitrogen and oxygen atoms in total. The highest BCUT2D eigenvalue weighted by atomic mass is 14.4. The quantitative estimate of drug-likeness (QED) is 0.158. The van der Waals surface area contributed by atoms with Crippen LogP contribution in [0.15, 0.2) is 97.1 Å². The third-order valence-corrected chi connectivity index (χ3v) is 7.38. The number of benzene rings is 6. The lowest BCUT2D eigenvalue weighted by Gasteiger charge is -2.22. The topological polar surface area (TPSA) is 0 Å². The molecule has 35 heavy (non-hydrogen) atoms. The van der Waals surface area contributed by atoms with Crippen LogP contribution in [0.5, 0.6) is 0 Å². The smallest absolute Gasteiger partial charge is 0.0159 e. The largest absolute Gasteiger partial charge is 0.0683 e. The van der Waals surface area contributed by atoms with Crippen LogP contribution in [0.3, 0.4) is 0 Å². The second-order valence-electron chi connectivity index (χ2n) is 9.44. The van der Waals surface area contributed by atoms with Gasteiger partial charge < -0.3 is 0 Å². The van der Waals surface area contributed by atoms with E-state index in [2.05, 4.69) is 111 Å². The van der Waals surface area contributed by atoms with Gasteiger partial charge in [0, 0.05) is 5.41 Å². The number of hydrogen-bond acceptors (Lipinski definition) is 0. The maximum atomic E-state index is 2.43. The number of rotatable bonds is 0. The fourth-order valence-corrected chi connectivity index (χ4v) is 5.76. The van der Waals surface area contributed by atoms with Crippen molar-refractivity contribution in [2.45, 2.75) is 47.0 Å². The lowest BCUT2D eigenvalue weighted by Crippen LogP contribution is -2.14. The first-order chi connectivity index (χ1) is 17.1. The summed E-state index contributed by atoms with van der Waals surface area (Å²) in [5.41, 5.74) is 5.67. The van der Waals surface area contributed by atoms with E-state index in [0.717, 1.165) is 0 Å². The zero-order chi connectivity index (χ0) is 24.7. The van der Waals surface area contributed by atoms with Crippen molar-refractivity contribution in [2.24, 2.45) is 0 Å². The number of hydrogen-bond donors (Lipinski definition) is 0. The first-order valence-electron chi connectivity index (χ1n) is 13.0. The van der Waals surface area contributed by atoms with Gasteiger partial charge in [0.05, 0.1) is 0 Å². The molecular formula is C35H34. The summed E-state index contributed by atoms with van der Waals surface area (Å²) in [6.07, 6.45) is 0. The van der Waals surface area contributed by atoms with E-state index in [1.54, 1.807) is 0 Å². The molecule has 1 aliphatic carbocycles. The first-order valence-corrected chi connectivity index (χ1v) is 13.0. The minimum absolute atomic E-state index is 0.00959. The summed E-state index contributed by atoms with van der Waals surface area (Å²) in [6.45, 7) is 12.7. The van der Waals surface area contributed by atoms with Crippen LogP contribution in [0.4, 0.5) is 0 Å². The molecule has 0 heteroatoms. The van der Waals surface area contributed by atoms with Gasteiger partial charge in [0.2, 0.25) is 0 Å². The highest BCUT2D eigenvalue weighted by Gasteiger charge is 2.36. The van der Waals surface area contributed by atoms with Gasteiger partial charge in [0.25, 0.3) is 0 Å². The Bertz CT molecular complexity index is 1700. The second-order valence-corrected chi connectivity index (χ2v) is 9.44. The fourth-order valence-electron chi connectivity index (χ4n) is 5.76. The Morgan fingerprint density at radius 2 is 1.00 bits per heavy atom. The zero-order valence-electron chi connectivity index (χ0n) is 21.7. The van der Waals surface area contributed by atoms with Gasteiger partial charge in [-0.15, -0.1) is 0 Å². The molecule has 7 rings (SSSR count). The lowest BCUT2D eigenvalue weighted by atomic mass is 9.81. The van der Waals surface area contributed by atoms with E-state index in [9.17, 15) is 0 Å². The molecule has 0 unspecified atom stereocenters. The van der Waals surface area contributed by atoms with Gasteiger partial charge in [-0.3, -0.25) is 0 Å². The predicted molar refractivity (Wildman–Crippen MR) is 157 cm³/mol. The van der Waals surface area contributed by atoms with Crippen LogP contribution in [-0.2, 0) is 5.41 Å². The van der Waals surface area contributed by atoms with Gasteiger partial charge in [0.15, 0.2) is 0 Å². The van der Waals surface area contributed by atoms with Crippen LogP contribution < -0.4 is 0 Å². The molecule has 0 aromatic heterocycles. The molecule has 6 aromatic rings. The van der Waals surface area contributed by atoms with Crippen molar-refractivity contribution in [1.82, 2.24) is 0 Å². The third-order valence-electron chi connectivity index (χ3n) is 7.38. The van der Waals surface area contributed by atoms with Crippen molar-refractivity contribution in [1.29, 1.82) is 0 Å². The Kier molecular flexibility index (Phi) is 5.85. The highest BCUT2D eigenvalue weighted by Crippen LogP contribution is 2.53. The van der Waals surface area contributed by atoms with Gasteiger partial charge in [-0.2, -0.15) is 0 Å². The predicted octanol–water partition coefficient (Wildman–Crippen LogP) is 10.7. The molecular weight excluding hydrogens is 420 g/mol. The second kappa shape index (κ2) is 8.86. The summed E-state index contributed by atoms with van der Waals surface area (Å²) in [4.78, 5) is 0. The Labute approximate surface area is 209 Å². The van der Waals surface area contributed by atoms with E-state index in [-0.39, 0.29) is 5.41 Å². The SMILES string of the molecule is CC.CC.CC1(C)c2cc3cc4ccccc4cc3cc2-c2c1ccc1c2ccc2ccccc21. The van der Waals surface area contributed by atoms with Crippen LogP contribution in [0.25, 0.3) is 54.2 Å². The van der Waals surface area contributed by atoms with Crippen LogP contribution >= 0.6 is 0 Å². The standard InChI is InChI=1S/C31H22.2C2H6/c1-31(2)28-14-13-25-24-10-6-5-7-19(24)11-12-26(25)30(28)27-17-22-15-20-8-3-4-9-21(20)16-23(22)18-29(27)31;2*1-2/h3-18H,1-2H3;2*1-2H3. The van der Waals surface area contributed by atoms with E-state index < -0.39 is 0 Å². The van der Waals surface area contributed by atoms with Crippen LogP contribution in [-0.4, -0.2) is 0 Å². The molecule has 0 saturated heterocycles. The van der Waals surface area contributed by atoms with E-state index in [4.69, 9.17) is 0 Å². The summed E-state index contributed by atoms with van der Waals surface area (Å²) in [6, 6.07) is 36.2. The molecule has 1 aliphatic rings. The molecule has 0 saturated carbocycles. The van der Waals surface area contributed by atoms with Gasteiger partial charge in [0.1, 0.15) is 0 Å². The fraction of sp³-hybridized carbons (Fsp3) is 0.200. The summed E-state index contributed by atoms with van der Waals surface area (Å²) in [5.74, 6) is 0. The van der Waals surface area contributed by atoms with E-state index in [1.807, 2.05) is 27.7 Å². The molecule has 174 valence electrons. The molecule has 0 fully saturated rings. The van der Waals surface area contributed by atoms with Crippen molar-refractivity contribution in [3.05, 3.63) is 108 Å². The Morgan fingerprint density at radius 1 is 0.429 bits per heavy atom. The molecule has 0 bridgehead atoms. The van der Waals surface area contributed by atoms with Crippen molar-refractivity contribution in [2.75, 3.05) is 0 Å². The number of fused-ring (bicyclic) bond motifs is 9. The Balaban J connectivity index is 0.000000605. The van der Waals surface area contributed by atoms with Crippen LogP contribution in [0.2, 0.25) is 0 Å². The van der Waals surface area contributed by atoms with Gasteiger partial charge in [-0.25, -0.2) is 0 Å². The Hall–Kier alpha value is -3.64. The Morgan fingerprint density at radius 3 is 1.69 bits per heavy atom. The summed E-state index contributed by atoms with van der Waals surface area (Å²) in [7, 11) is 0. The van der Waals surface area contributed by atoms with Crippen molar-refractivity contribution < 1.29 is 0 Å². The van der Waals surface area contributed by atoms with Crippen LogP contribution in [0.1, 0.15) is 52.7 Å². The maximum absolute atomic E-state index is 2.43. The van der Waals surface area contributed by atoms with Gasteiger partial charge >= 0.3 is 0 Å². The molecule has 0 aliphatic heterocycles. The molecule has 0 N–H and O–H groups in total. The minimum atomic E-state index is -0.00959. The third kappa shape index (κ3) is 3.43. The van der Waals surface area contributed by atoms with Crippen LogP contribution in [0, 0.1) is 0 Å². The average molecular weight is 455 g/mol. The molecule has 0 heterocycles. The van der Waals surface area contributed by atoms with E-state index in [1.165, 1.54) is 65.3 Å².